The zero-order valence-electron chi connectivity index (χ0n) is 17.6. The molecule has 9 heteroatoms. The molecule has 1 amide bonds. The summed E-state index contributed by atoms with van der Waals surface area (Å²) in [5.74, 6) is -0.577. The molecular formula is C24H19F3N4O2. The van der Waals surface area contributed by atoms with Crippen LogP contribution in [0.3, 0.4) is 0 Å². The van der Waals surface area contributed by atoms with Crippen molar-refractivity contribution in [1.29, 1.82) is 0 Å². The molecule has 0 saturated heterocycles. The molecule has 0 spiro atoms. The van der Waals surface area contributed by atoms with Crippen molar-refractivity contribution in [3.8, 4) is 0 Å². The van der Waals surface area contributed by atoms with Crippen LogP contribution >= 0.6 is 0 Å². The van der Waals surface area contributed by atoms with E-state index in [1.54, 1.807) is 42.7 Å². The molecule has 0 aliphatic rings. The van der Waals surface area contributed by atoms with Crippen LogP contribution in [0.4, 0.5) is 18.9 Å². The number of hydrogen-bond acceptors (Lipinski definition) is 4. The van der Waals surface area contributed by atoms with Crippen molar-refractivity contribution in [3.63, 3.8) is 0 Å². The monoisotopic (exact) mass is 452 g/mol. The third kappa shape index (κ3) is 4.77. The topological polar surface area (TPSA) is 68.1 Å². The maximum absolute atomic E-state index is 13.0. The highest BCUT2D eigenvalue weighted by Crippen LogP contribution is 2.31. The van der Waals surface area contributed by atoms with Gasteiger partial charge in [0.25, 0.3) is 5.56 Å². The van der Waals surface area contributed by atoms with Crippen molar-refractivity contribution in [2.75, 3.05) is 11.9 Å². The Morgan fingerprint density at radius 1 is 1.03 bits per heavy atom. The third-order valence-electron chi connectivity index (χ3n) is 5.26. The number of aromatic nitrogens is 3. The lowest BCUT2D eigenvalue weighted by atomic mass is 10.1. The SMILES string of the molecule is CN(C(=O)Cn1nc(Cc2cccnc2)c2ccccc2c1=O)c1cccc(C(F)(F)F)c1. The molecule has 0 fully saturated rings. The van der Waals surface area contributed by atoms with Gasteiger partial charge >= 0.3 is 6.18 Å². The predicted molar refractivity (Wildman–Crippen MR) is 118 cm³/mol. The zero-order chi connectivity index (χ0) is 23.6. The van der Waals surface area contributed by atoms with E-state index >= 15 is 0 Å². The summed E-state index contributed by atoms with van der Waals surface area (Å²) >= 11 is 0. The van der Waals surface area contributed by atoms with E-state index in [2.05, 4.69) is 10.1 Å². The molecule has 4 rings (SSSR count). The highest BCUT2D eigenvalue weighted by atomic mass is 19.4. The van der Waals surface area contributed by atoms with Gasteiger partial charge in [-0.1, -0.05) is 30.3 Å². The molecule has 2 heterocycles. The fourth-order valence-electron chi connectivity index (χ4n) is 3.51. The summed E-state index contributed by atoms with van der Waals surface area (Å²) < 4.78 is 40.2. The van der Waals surface area contributed by atoms with Gasteiger partial charge in [0.2, 0.25) is 5.91 Å². The number of carbonyl (C=O) groups is 1. The standard InChI is InChI=1S/C24H19F3N4O2/c1-30(18-8-4-7-17(13-18)24(25,26)27)22(32)15-31-23(33)20-10-3-2-9-19(20)21(29-31)12-16-6-5-11-28-14-16/h2-11,13-14H,12,15H2,1H3. The lowest BCUT2D eigenvalue weighted by molar-refractivity contribution is -0.137. The zero-order valence-corrected chi connectivity index (χ0v) is 17.6. The average molecular weight is 452 g/mol. The Morgan fingerprint density at radius 3 is 2.48 bits per heavy atom. The molecule has 0 unspecified atom stereocenters. The van der Waals surface area contributed by atoms with Crippen molar-refractivity contribution < 1.29 is 18.0 Å². The number of pyridine rings is 1. The van der Waals surface area contributed by atoms with Gasteiger partial charge in [-0.25, -0.2) is 4.68 Å². The van der Waals surface area contributed by atoms with E-state index in [0.717, 1.165) is 27.3 Å². The van der Waals surface area contributed by atoms with Gasteiger partial charge in [-0.05, 0) is 35.9 Å². The average Bonchev–Trinajstić information content (AvgIpc) is 2.81. The second-order valence-corrected chi connectivity index (χ2v) is 7.49. The van der Waals surface area contributed by atoms with Crippen LogP contribution in [-0.4, -0.2) is 27.7 Å². The largest absolute Gasteiger partial charge is 0.416 e. The van der Waals surface area contributed by atoms with Crippen molar-refractivity contribution >= 4 is 22.4 Å². The van der Waals surface area contributed by atoms with Crippen LogP contribution in [0.25, 0.3) is 10.8 Å². The molecule has 33 heavy (non-hydrogen) atoms. The van der Waals surface area contributed by atoms with Crippen molar-refractivity contribution in [3.05, 3.63) is 100 Å². The fraction of sp³-hybridized carbons (Fsp3) is 0.167. The van der Waals surface area contributed by atoms with E-state index in [9.17, 15) is 22.8 Å². The van der Waals surface area contributed by atoms with Crippen molar-refractivity contribution in [2.24, 2.45) is 0 Å². The van der Waals surface area contributed by atoms with Gasteiger partial charge in [-0.3, -0.25) is 14.6 Å². The third-order valence-corrected chi connectivity index (χ3v) is 5.26. The second-order valence-electron chi connectivity index (χ2n) is 7.49. The van der Waals surface area contributed by atoms with Gasteiger partial charge in [0.05, 0.1) is 16.6 Å². The van der Waals surface area contributed by atoms with Gasteiger partial charge in [0, 0.05) is 36.9 Å². The number of likely N-dealkylation sites (N-methyl/N-ethyl adjacent to an activating group) is 1. The summed E-state index contributed by atoms with van der Waals surface area (Å²) in [5, 5.41) is 5.49. The van der Waals surface area contributed by atoms with E-state index in [1.807, 2.05) is 6.07 Å². The Bertz CT molecular complexity index is 1370. The Kier molecular flexibility index (Phi) is 5.95. The number of hydrogen-bond donors (Lipinski definition) is 0. The van der Waals surface area contributed by atoms with Gasteiger partial charge in [-0.2, -0.15) is 18.3 Å². The lowest BCUT2D eigenvalue weighted by Gasteiger charge is -2.19. The molecule has 0 aliphatic carbocycles. The van der Waals surface area contributed by atoms with Crippen LogP contribution in [0.2, 0.25) is 0 Å². The summed E-state index contributed by atoms with van der Waals surface area (Å²) in [6, 6.07) is 15.1. The van der Waals surface area contributed by atoms with Gasteiger partial charge in [-0.15, -0.1) is 0 Å². The summed E-state index contributed by atoms with van der Waals surface area (Å²) in [5.41, 5.74) is 0.227. The molecule has 2 aromatic carbocycles. The molecule has 0 radical (unpaired) electrons. The number of rotatable bonds is 5. The number of alkyl halides is 3. The predicted octanol–water partition coefficient (Wildman–Crippen LogP) is 4.06. The summed E-state index contributed by atoms with van der Waals surface area (Å²) in [7, 11) is 1.36. The number of benzene rings is 2. The fourth-order valence-corrected chi connectivity index (χ4v) is 3.51. The number of anilines is 1. The number of amides is 1. The van der Waals surface area contributed by atoms with E-state index in [4.69, 9.17) is 0 Å². The smallest absolute Gasteiger partial charge is 0.314 e. The van der Waals surface area contributed by atoms with E-state index in [1.165, 1.54) is 19.2 Å². The van der Waals surface area contributed by atoms with E-state index < -0.39 is 29.8 Å². The van der Waals surface area contributed by atoms with Crippen molar-refractivity contribution in [2.45, 2.75) is 19.1 Å². The molecule has 0 atom stereocenters. The highest BCUT2D eigenvalue weighted by molar-refractivity contribution is 5.93. The van der Waals surface area contributed by atoms with Crippen LogP contribution in [0.1, 0.15) is 16.8 Å². The second kappa shape index (κ2) is 8.85. The van der Waals surface area contributed by atoms with Crippen LogP contribution in [0, 0.1) is 0 Å². The Labute approximate surface area is 186 Å². The molecular weight excluding hydrogens is 433 g/mol. The normalized spacial score (nSPS) is 11.5. The molecule has 0 saturated carbocycles. The number of carbonyl (C=O) groups excluding carboxylic acids is 1. The van der Waals surface area contributed by atoms with Gasteiger partial charge in [0.15, 0.2) is 0 Å². The quantitative estimate of drug-likeness (QED) is 0.458. The number of fused-ring (bicyclic) bond motifs is 1. The minimum absolute atomic E-state index is 0.0687. The molecule has 0 N–H and O–H groups in total. The molecule has 0 bridgehead atoms. The van der Waals surface area contributed by atoms with Crippen LogP contribution < -0.4 is 10.5 Å². The van der Waals surface area contributed by atoms with Crippen LogP contribution in [-0.2, 0) is 23.9 Å². The first kappa shape index (κ1) is 22.2. The molecule has 2 aromatic heterocycles. The Balaban J connectivity index is 1.68. The molecule has 168 valence electrons. The first-order chi connectivity index (χ1) is 15.7. The minimum atomic E-state index is -4.53. The Hall–Kier alpha value is -4.01. The van der Waals surface area contributed by atoms with Crippen molar-refractivity contribution in [1.82, 2.24) is 14.8 Å². The van der Waals surface area contributed by atoms with E-state index in [-0.39, 0.29) is 5.69 Å². The minimum Gasteiger partial charge on any atom is -0.314 e. The van der Waals surface area contributed by atoms with Gasteiger partial charge in [0.1, 0.15) is 6.54 Å². The van der Waals surface area contributed by atoms with Gasteiger partial charge < -0.3 is 4.90 Å². The number of halogens is 3. The summed E-state index contributed by atoms with van der Waals surface area (Å²) in [6.07, 6.45) is -0.791. The highest BCUT2D eigenvalue weighted by Gasteiger charge is 2.31. The van der Waals surface area contributed by atoms with E-state index in [0.29, 0.717) is 22.9 Å². The van der Waals surface area contributed by atoms with Crippen LogP contribution in [0.15, 0.2) is 77.9 Å². The first-order valence-corrected chi connectivity index (χ1v) is 10.1. The lowest BCUT2D eigenvalue weighted by Crippen LogP contribution is -2.35. The molecule has 4 aromatic rings. The Morgan fingerprint density at radius 2 is 1.79 bits per heavy atom. The molecule has 6 nitrogen and oxygen atoms in total. The maximum atomic E-state index is 13.0. The maximum Gasteiger partial charge on any atom is 0.416 e. The summed E-state index contributed by atoms with van der Waals surface area (Å²) in [4.78, 5) is 31.0. The first-order valence-electron chi connectivity index (χ1n) is 10.1. The number of nitrogens with zero attached hydrogens (tertiary/aromatic N) is 4. The summed E-state index contributed by atoms with van der Waals surface area (Å²) in [6.45, 7) is -0.420. The van der Waals surface area contributed by atoms with Crippen LogP contribution in [0.5, 0.6) is 0 Å². The molecule has 0 aliphatic heterocycles.